The largest absolute Gasteiger partial charge is 0.450 e. The molecule has 0 atom stereocenters. The Morgan fingerprint density at radius 1 is 1.10 bits per heavy atom. The van der Waals surface area contributed by atoms with Crippen LogP contribution in [0.1, 0.15) is 81.7 Å². The first-order chi connectivity index (χ1) is 19.4. The highest BCUT2D eigenvalue weighted by molar-refractivity contribution is 5.77. The van der Waals surface area contributed by atoms with E-state index < -0.39 is 0 Å². The van der Waals surface area contributed by atoms with E-state index in [1.165, 1.54) is 5.56 Å². The van der Waals surface area contributed by atoms with Gasteiger partial charge in [-0.3, -0.25) is 14.8 Å². The van der Waals surface area contributed by atoms with Gasteiger partial charge in [0.05, 0.1) is 17.7 Å². The summed E-state index contributed by atoms with van der Waals surface area (Å²) in [6.07, 6.45) is 9.61. The first kappa shape index (κ1) is 28.1. The zero-order valence-corrected chi connectivity index (χ0v) is 23.2. The molecule has 1 amide bonds. The maximum absolute atomic E-state index is 13.1. The molecule has 5 rings (SSSR count). The van der Waals surface area contributed by atoms with Gasteiger partial charge in [-0.05, 0) is 88.1 Å². The van der Waals surface area contributed by atoms with Crippen molar-refractivity contribution >= 4 is 23.2 Å². The molecule has 216 valence electrons. The zero-order valence-electron chi connectivity index (χ0n) is 23.2. The molecule has 11 nitrogen and oxygen atoms in total. The Morgan fingerprint density at radius 2 is 1.88 bits per heavy atom. The third-order valence-electron chi connectivity index (χ3n) is 8.48. The summed E-state index contributed by atoms with van der Waals surface area (Å²) in [5.41, 5.74) is 13.0. The number of anilines is 2. The molecule has 3 aliphatic rings. The lowest BCUT2D eigenvalue weighted by molar-refractivity contribution is -0.134. The number of piperidine rings is 1. The van der Waals surface area contributed by atoms with Gasteiger partial charge in [0.15, 0.2) is 17.3 Å². The van der Waals surface area contributed by atoms with E-state index in [4.69, 9.17) is 21.6 Å². The molecule has 0 bridgehead atoms. The van der Waals surface area contributed by atoms with Gasteiger partial charge < -0.3 is 31.7 Å². The van der Waals surface area contributed by atoms with Crippen LogP contribution in [0.3, 0.4) is 0 Å². The number of aromatic nitrogens is 2. The summed E-state index contributed by atoms with van der Waals surface area (Å²) in [5.74, 6) is 2.51. The number of benzene rings is 1. The van der Waals surface area contributed by atoms with Crippen molar-refractivity contribution in [2.75, 3.05) is 31.5 Å². The molecule has 7 N–H and O–H groups in total. The van der Waals surface area contributed by atoms with Crippen LogP contribution >= 0.6 is 0 Å². The predicted molar refractivity (Wildman–Crippen MR) is 156 cm³/mol. The minimum absolute atomic E-state index is 0.00185. The molecule has 40 heavy (non-hydrogen) atoms. The standard InChI is InChI=1S/C29H42N8O3/c30-13-10-27(38)36(16-2-1-3-26(31)32)21-5-7-22(8-6-21)37-18-25-28(35-29(37)39)34-23-17-20(4-9-24(23)40-25)19-11-14-33-15-12-19/h4,9,17-19,21-22,33H,1-3,5-8,10-16,30H2,(H3,31,32)(H,34,35,39). The van der Waals surface area contributed by atoms with E-state index >= 15 is 0 Å². The van der Waals surface area contributed by atoms with E-state index in [0.29, 0.717) is 43.4 Å². The SMILES string of the molecule is N=C(N)CCCCN(C(=O)CCN)C1CCC(n2cc3c(nc2=O)Nc2cc(C4CCNCC4)ccc2O3)CC1. The van der Waals surface area contributed by atoms with Crippen molar-refractivity contribution < 1.29 is 9.53 Å². The fraction of sp³-hybridized carbons (Fsp3) is 0.586. The van der Waals surface area contributed by atoms with Gasteiger partial charge in [0, 0.05) is 38.0 Å². The van der Waals surface area contributed by atoms with E-state index in [0.717, 1.165) is 75.9 Å². The number of amidine groups is 1. The monoisotopic (exact) mass is 550 g/mol. The first-order valence-electron chi connectivity index (χ1n) is 14.7. The van der Waals surface area contributed by atoms with Crippen LogP contribution in [0.25, 0.3) is 0 Å². The summed E-state index contributed by atoms with van der Waals surface area (Å²) in [4.78, 5) is 32.2. The number of hydrogen-bond donors (Lipinski definition) is 5. The fourth-order valence-electron chi connectivity index (χ4n) is 6.29. The van der Waals surface area contributed by atoms with Crippen LogP contribution in [0.2, 0.25) is 0 Å². The normalized spacial score (nSPS) is 20.5. The molecule has 1 aromatic heterocycles. The number of nitrogens with zero attached hydrogens (tertiary/aromatic N) is 3. The quantitative estimate of drug-likeness (QED) is 0.146. The summed E-state index contributed by atoms with van der Waals surface area (Å²) in [6.45, 7) is 3.02. The molecule has 2 aromatic rings. The number of amides is 1. The third-order valence-corrected chi connectivity index (χ3v) is 8.48. The van der Waals surface area contributed by atoms with Gasteiger partial charge in [0.25, 0.3) is 0 Å². The van der Waals surface area contributed by atoms with Gasteiger partial charge in [-0.1, -0.05) is 6.07 Å². The van der Waals surface area contributed by atoms with Crippen molar-refractivity contribution in [2.45, 2.75) is 82.2 Å². The Balaban J connectivity index is 1.24. The molecule has 1 aliphatic carbocycles. The highest BCUT2D eigenvalue weighted by Crippen LogP contribution is 2.43. The Labute approximate surface area is 235 Å². The van der Waals surface area contributed by atoms with Gasteiger partial charge in [-0.25, -0.2) is 4.79 Å². The third kappa shape index (κ3) is 6.47. The van der Waals surface area contributed by atoms with E-state index in [-0.39, 0.29) is 29.5 Å². The number of nitrogens with two attached hydrogens (primary N) is 2. The number of hydrogen-bond acceptors (Lipinski definition) is 8. The van der Waals surface area contributed by atoms with Crippen molar-refractivity contribution in [3.8, 4) is 11.5 Å². The van der Waals surface area contributed by atoms with Crippen LogP contribution in [0.5, 0.6) is 11.5 Å². The number of unbranched alkanes of at least 4 members (excludes halogenated alkanes) is 1. The molecular formula is C29H42N8O3. The summed E-state index contributed by atoms with van der Waals surface area (Å²) in [5, 5.41) is 14.2. The summed E-state index contributed by atoms with van der Waals surface area (Å²) in [6, 6.07) is 6.39. The van der Waals surface area contributed by atoms with E-state index in [1.807, 2.05) is 11.0 Å². The second-order valence-electron chi connectivity index (χ2n) is 11.2. The second-order valence-corrected chi connectivity index (χ2v) is 11.2. The van der Waals surface area contributed by atoms with Gasteiger partial charge >= 0.3 is 5.69 Å². The van der Waals surface area contributed by atoms with Gasteiger partial charge in [0.2, 0.25) is 5.91 Å². The molecule has 1 saturated carbocycles. The van der Waals surface area contributed by atoms with Crippen molar-refractivity contribution in [1.29, 1.82) is 5.41 Å². The zero-order chi connectivity index (χ0) is 28.1. The number of carbonyl (C=O) groups excluding carboxylic acids is 1. The highest BCUT2D eigenvalue weighted by atomic mass is 16.5. The lowest BCUT2D eigenvalue weighted by atomic mass is 9.89. The van der Waals surface area contributed by atoms with Crippen LogP contribution in [0.15, 0.2) is 29.2 Å². The first-order valence-corrected chi connectivity index (χ1v) is 14.7. The minimum atomic E-state index is -0.295. The summed E-state index contributed by atoms with van der Waals surface area (Å²) >= 11 is 0. The molecule has 11 heteroatoms. The Morgan fingerprint density at radius 3 is 2.60 bits per heavy atom. The fourth-order valence-corrected chi connectivity index (χ4v) is 6.29. The van der Waals surface area contributed by atoms with Gasteiger partial charge in [-0.2, -0.15) is 4.98 Å². The second kappa shape index (κ2) is 12.8. The van der Waals surface area contributed by atoms with Crippen LogP contribution in [0.4, 0.5) is 11.5 Å². The maximum atomic E-state index is 13.1. The molecular weight excluding hydrogens is 508 g/mol. The number of ether oxygens (including phenoxy) is 1. The maximum Gasteiger partial charge on any atom is 0.350 e. The highest BCUT2D eigenvalue weighted by Gasteiger charge is 2.31. The predicted octanol–water partition coefficient (Wildman–Crippen LogP) is 3.33. The average Bonchev–Trinajstić information content (AvgIpc) is 2.96. The lowest BCUT2D eigenvalue weighted by Gasteiger charge is -2.37. The lowest BCUT2D eigenvalue weighted by Crippen LogP contribution is -2.44. The van der Waals surface area contributed by atoms with E-state index in [9.17, 15) is 9.59 Å². The van der Waals surface area contributed by atoms with E-state index in [1.54, 1.807) is 10.8 Å². The summed E-state index contributed by atoms with van der Waals surface area (Å²) in [7, 11) is 0. The average molecular weight is 551 g/mol. The molecule has 2 aliphatic heterocycles. The molecule has 0 unspecified atom stereocenters. The number of carbonyl (C=O) groups is 1. The number of nitrogens with one attached hydrogen (secondary N) is 3. The number of rotatable bonds is 10. The molecule has 0 radical (unpaired) electrons. The Bertz CT molecular complexity index is 1260. The van der Waals surface area contributed by atoms with E-state index in [2.05, 4.69) is 27.8 Å². The van der Waals surface area contributed by atoms with Crippen molar-refractivity contribution in [3.05, 3.63) is 40.4 Å². The van der Waals surface area contributed by atoms with Crippen molar-refractivity contribution in [3.63, 3.8) is 0 Å². The topological polar surface area (TPSA) is 164 Å². The minimum Gasteiger partial charge on any atom is -0.450 e. The smallest absolute Gasteiger partial charge is 0.350 e. The van der Waals surface area contributed by atoms with Crippen LogP contribution in [-0.2, 0) is 4.79 Å². The Hall–Kier alpha value is -3.44. The number of fused-ring (bicyclic) bond motifs is 2. The van der Waals surface area contributed by atoms with Crippen molar-refractivity contribution in [1.82, 2.24) is 19.8 Å². The molecule has 1 aromatic carbocycles. The molecule has 2 fully saturated rings. The molecule has 0 spiro atoms. The van der Waals surface area contributed by atoms with Crippen LogP contribution in [0, 0.1) is 5.41 Å². The van der Waals surface area contributed by atoms with Gasteiger partial charge in [0.1, 0.15) is 0 Å². The Kier molecular flexibility index (Phi) is 9.01. The van der Waals surface area contributed by atoms with Crippen molar-refractivity contribution in [2.24, 2.45) is 11.5 Å². The van der Waals surface area contributed by atoms with Gasteiger partial charge in [-0.15, -0.1) is 0 Å². The van der Waals surface area contributed by atoms with Crippen LogP contribution in [-0.4, -0.2) is 58.4 Å². The van der Waals surface area contributed by atoms with Crippen LogP contribution < -0.4 is 32.5 Å². The summed E-state index contributed by atoms with van der Waals surface area (Å²) < 4.78 is 7.91. The molecule has 3 heterocycles. The molecule has 1 saturated heterocycles.